The third-order valence-electron chi connectivity index (χ3n) is 2.19. The average molecular weight is 196 g/mol. The van der Waals surface area contributed by atoms with Crippen LogP contribution in [0.1, 0.15) is 19.8 Å². The van der Waals surface area contributed by atoms with E-state index < -0.39 is 0 Å². The van der Waals surface area contributed by atoms with Gasteiger partial charge in [0.15, 0.2) is 0 Å². The molecule has 4 nitrogen and oxygen atoms in total. The van der Waals surface area contributed by atoms with Crippen LogP contribution in [0.15, 0.2) is 12.3 Å². The zero-order chi connectivity index (χ0) is 10.4. The second-order valence-corrected chi connectivity index (χ2v) is 3.66. The van der Waals surface area contributed by atoms with Crippen molar-refractivity contribution >= 4 is 5.82 Å². The topological polar surface area (TPSA) is 47.1 Å². The summed E-state index contributed by atoms with van der Waals surface area (Å²) in [7, 11) is 2.15. The molecule has 0 spiro atoms. The van der Waals surface area contributed by atoms with Gasteiger partial charge in [-0.2, -0.15) is 5.10 Å². The Morgan fingerprint density at radius 2 is 2.29 bits per heavy atom. The van der Waals surface area contributed by atoms with Crippen molar-refractivity contribution in [3.8, 4) is 0 Å². The molecule has 0 radical (unpaired) electrons. The van der Waals surface area contributed by atoms with E-state index >= 15 is 0 Å². The highest BCUT2D eigenvalue weighted by atomic mass is 15.3. The number of rotatable bonds is 6. The Balaban J connectivity index is 2.15. The zero-order valence-corrected chi connectivity index (χ0v) is 9.11. The monoisotopic (exact) mass is 196 g/mol. The molecule has 0 unspecified atom stereocenters. The van der Waals surface area contributed by atoms with E-state index in [1.54, 1.807) is 0 Å². The second kappa shape index (κ2) is 5.65. The van der Waals surface area contributed by atoms with E-state index in [0.29, 0.717) is 5.82 Å². The number of nitrogens with zero attached hydrogens (tertiary/aromatic N) is 3. The first-order chi connectivity index (χ1) is 6.72. The minimum Gasteiger partial charge on any atom is -0.382 e. The Bertz CT molecular complexity index is 256. The summed E-state index contributed by atoms with van der Waals surface area (Å²) in [6, 6.07) is 1.83. The maximum absolute atomic E-state index is 5.52. The van der Waals surface area contributed by atoms with Crippen LogP contribution in [0.2, 0.25) is 0 Å². The summed E-state index contributed by atoms with van der Waals surface area (Å²) in [5.41, 5.74) is 5.52. The fraction of sp³-hybridized carbons (Fsp3) is 0.700. The Morgan fingerprint density at radius 3 is 2.86 bits per heavy atom. The molecule has 0 aromatic carbocycles. The third kappa shape index (κ3) is 3.79. The number of nitrogens with two attached hydrogens (primary N) is 1. The van der Waals surface area contributed by atoms with Crippen molar-refractivity contribution < 1.29 is 0 Å². The van der Waals surface area contributed by atoms with Gasteiger partial charge in [-0.3, -0.25) is 4.68 Å². The number of nitrogen functional groups attached to an aromatic ring is 1. The molecule has 0 amide bonds. The molecule has 1 rings (SSSR count). The van der Waals surface area contributed by atoms with Gasteiger partial charge in [-0.05, 0) is 39.0 Å². The highest BCUT2D eigenvalue weighted by Crippen LogP contribution is 1.98. The van der Waals surface area contributed by atoms with Gasteiger partial charge in [-0.1, -0.05) is 6.92 Å². The first-order valence-electron chi connectivity index (χ1n) is 5.20. The van der Waals surface area contributed by atoms with Crippen LogP contribution >= 0.6 is 0 Å². The summed E-state index contributed by atoms with van der Waals surface area (Å²) in [4.78, 5) is 2.34. The zero-order valence-electron chi connectivity index (χ0n) is 9.11. The van der Waals surface area contributed by atoms with E-state index in [1.165, 1.54) is 13.0 Å². The van der Waals surface area contributed by atoms with Gasteiger partial charge in [-0.25, -0.2) is 0 Å². The van der Waals surface area contributed by atoms with Crippen LogP contribution in [-0.4, -0.2) is 34.8 Å². The minimum absolute atomic E-state index is 0.604. The van der Waals surface area contributed by atoms with Crippen molar-refractivity contribution in [1.29, 1.82) is 0 Å². The van der Waals surface area contributed by atoms with Gasteiger partial charge in [0.1, 0.15) is 5.82 Å². The van der Waals surface area contributed by atoms with Gasteiger partial charge in [0.2, 0.25) is 0 Å². The standard InChI is InChI=1S/C10H20N4/c1-3-6-13(2)7-4-8-14-9-5-10(11)12-14/h5,9H,3-4,6-8H2,1-2H3,(H2,11,12). The molecule has 2 N–H and O–H groups in total. The summed E-state index contributed by atoms with van der Waals surface area (Å²) >= 11 is 0. The van der Waals surface area contributed by atoms with Gasteiger partial charge in [0.25, 0.3) is 0 Å². The van der Waals surface area contributed by atoms with E-state index in [0.717, 1.165) is 19.5 Å². The van der Waals surface area contributed by atoms with Crippen molar-refractivity contribution in [3.63, 3.8) is 0 Å². The highest BCUT2D eigenvalue weighted by Gasteiger charge is 1.97. The molecule has 0 saturated heterocycles. The molecule has 0 aliphatic rings. The van der Waals surface area contributed by atoms with E-state index in [4.69, 9.17) is 5.73 Å². The Hall–Kier alpha value is -1.03. The van der Waals surface area contributed by atoms with E-state index in [9.17, 15) is 0 Å². The molecule has 80 valence electrons. The predicted octanol–water partition coefficient (Wildman–Crippen LogP) is 1.20. The number of anilines is 1. The van der Waals surface area contributed by atoms with E-state index in [-0.39, 0.29) is 0 Å². The molecule has 0 atom stereocenters. The lowest BCUT2D eigenvalue weighted by Crippen LogP contribution is -2.21. The summed E-state index contributed by atoms with van der Waals surface area (Å²) < 4.78 is 1.90. The molecule has 1 aromatic heterocycles. The molecule has 0 bridgehead atoms. The highest BCUT2D eigenvalue weighted by molar-refractivity contribution is 5.23. The summed E-state index contributed by atoms with van der Waals surface area (Å²) in [5, 5.41) is 4.13. The Labute approximate surface area is 85.7 Å². The quantitative estimate of drug-likeness (QED) is 0.743. The third-order valence-corrected chi connectivity index (χ3v) is 2.19. The van der Waals surface area contributed by atoms with Crippen molar-refractivity contribution in [3.05, 3.63) is 12.3 Å². The first-order valence-corrected chi connectivity index (χ1v) is 5.20. The van der Waals surface area contributed by atoms with Crippen molar-refractivity contribution in [2.24, 2.45) is 0 Å². The van der Waals surface area contributed by atoms with Gasteiger partial charge in [0.05, 0.1) is 0 Å². The maximum Gasteiger partial charge on any atom is 0.145 e. The lowest BCUT2D eigenvalue weighted by Gasteiger charge is -2.14. The van der Waals surface area contributed by atoms with E-state index in [1.807, 2.05) is 16.9 Å². The van der Waals surface area contributed by atoms with Crippen molar-refractivity contribution in [1.82, 2.24) is 14.7 Å². The summed E-state index contributed by atoms with van der Waals surface area (Å²) in [5.74, 6) is 0.604. The van der Waals surface area contributed by atoms with Gasteiger partial charge >= 0.3 is 0 Å². The number of hydrogen-bond donors (Lipinski definition) is 1. The first kappa shape index (κ1) is 11.0. The molecule has 1 aromatic rings. The molecule has 4 heteroatoms. The van der Waals surface area contributed by atoms with Crippen molar-refractivity contribution in [2.75, 3.05) is 25.9 Å². The predicted molar refractivity (Wildman–Crippen MR) is 59.0 cm³/mol. The molecule has 14 heavy (non-hydrogen) atoms. The van der Waals surface area contributed by atoms with Crippen LogP contribution in [0, 0.1) is 0 Å². The van der Waals surface area contributed by atoms with Crippen molar-refractivity contribution in [2.45, 2.75) is 26.3 Å². The Morgan fingerprint density at radius 1 is 1.50 bits per heavy atom. The molecule has 0 fully saturated rings. The average Bonchev–Trinajstić information content (AvgIpc) is 2.52. The van der Waals surface area contributed by atoms with Gasteiger partial charge in [-0.15, -0.1) is 0 Å². The van der Waals surface area contributed by atoms with Crippen LogP contribution in [0.3, 0.4) is 0 Å². The smallest absolute Gasteiger partial charge is 0.145 e. The van der Waals surface area contributed by atoms with Gasteiger partial charge in [0, 0.05) is 12.7 Å². The number of hydrogen-bond acceptors (Lipinski definition) is 3. The lowest BCUT2D eigenvalue weighted by atomic mass is 10.3. The van der Waals surface area contributed by atoms with Crippen LogP contribution in [0.5, 0.6) is 0 Å². The lowest BCUT2D eigenvalue weighted by molar-refractivity contribution is 0.319. The van der Waals surface area contributed by atoms with Gasteiger partial charge < -0.3 is 10.6 Å². The van der Waals surface area contributed by atoms with E-state index in [2.05, 4.69) is 24.0 Å². The molecular formula is C10H20N4. The molecule has 0 saturated carbocycles. The molecule has 0 aliphatic carbocycles. The fourth-order valence-electron chi connectivity index (χ4n) is 1.50. The number of aryl methyl sites for hydroxylation is 1. The minimum atomic E-state index is 0.604. The normalized spacial score (nSPS) is 11.1. The molecule has 1 heterocycles. The second-order valence-electron chi connectivity index (χ2n) is 3.66. The Kier molecular flexibility index (Phi) is 4.46. The SMILES string of the molecule is CCCN(C)CCCn1ccc(N)n1. The molecule has 0 aliphatic heterocycles. The van der Waals surface area contributed by atoms with Crippen LogP contribution in [0.25, 0.3) is 0 Å². The fourth-order valence-corrected chi connectivity index (χ4v) is 1.50. The largest absolute Gasteiger partial charge is 0.382 e. The van der Waals surface area contributed by atoms with Crippen LogP contribution in [-0.2, 0) is 6.54 Å². The molecular weight excluding hydrogens is 176 g/mol. The van der Waals surface area contributed by atoms with Crippen LogP contribution < -0.4 is 5.73 Å². The summed E-state index contributed by atoms with van der Waals surface area (Å²) in [6.07, 6.45) is 4.26. The summed E-state index contributed by atoms with van der Waals surface area (Å²) in [6.45, 7) is 5.44. The number of aromatic nitrogens is 2. The van der Waals surface area contributed by atoms with Crippen LogP contribution in [0.4, 0.5) is 5.82 Å². The maximum atomic E-state index is 5.52.